The molecule has 148 valence electrons. The number of amides is 2. The van der Waals surface area contributed by atoms with Gasteiger partial charge in [0, 0.05) is 5.92 Å². The van der Waals surface area contributed by atoms with Crippen LogP contribution in [0.4, 0.5) is 10.9 Å². The van der Waals surface area contributed by atoms with E-state index in [4.69, 9.17) is 4.74 Å². The summed E-state index contributed by atoms with van der Waals surface area (Å²) in [4.78, 5) is 40.1. The first-order chi connectivity index (χ1) is 13.5. The fraction of sp³-hybridized carbons (Fsp3) is 0.412. The van der Waals surface area contributed by atoms with Crippen molar-refractivity contribution in [2.75, 3.05) is 23.0 Å². The van der Waals surface area contributed by atoms with E-state index in [1.165, 1.54) is 11.8 Å². The number of carbonyl (C=O) groups excluding carboxylic acids is 3. The van der Waals surface area contributed by atoms with E-state index in [0.717, 1.165) is 24.2 Å². The topological polar surface area (TPSA) is 123 Å². The van der Waals surface area contributed by atoms with Gasteiger partial charge in [0.1, 0.15) is 9.90 Å². The number of nitrogens with zero attached hydrogens (tertiary/aromatic N) is 3. The van der Waals surface area contributed by atoms with Crippen LogP contribution in [-0.4, -0.2) is 45.3 Å². The molecule has 28 heavy (non-hydrogen) atoms. The Hall–Kier alpha value is -2.53. The van der Waals surface area contributed by atoms with E-state index in [1.807, 2.05) is 0 Å². The fourth-order valence-corrected chi connectivity index (χ4v) is 3.66. The van der Waals surface area contributed by atoms with Crippen LogP contribution in [0.1, 0.15) is 35.1 Å². The summed E-state index contributed by atoms with van der Waals surface area (Å²) in [6.07, 6.45) is 1.84. The van der Waals surface area contributed by atoms with Gasteiger partial charge in [0.15, 0.2) is 10.9 Å². The Balaban J connectivity index is 1.48. The lowest BCUT2D eigenvalue weighted by molar-refractivity contribution is -0.117. The predicted octanol–water partition coefficient (Wildman–Crippen LogP) is 2.50. The number of carbonyl (C=O) groups is 3. The number of aryl methyl sites for hydroxylation is 1. The number of rotatable bonds is 8. The largest absolute Gasteiger partial charge is 0.462 e. The molecule has 1 fully saturated rings. The van der Waals surface area contributed by atoms with Crippen LogP contribution in [0.15, 0.2) is 17.2 Å². The molecule has 2 heterocycles. The van der Waals surface area contributed by atoms with Crippen molar-refractivity contribution in [2.24, 2.45) is 5.92 Å². The minimum absolute atomic E-state index is 0.0324. The lowest BCUT2D eigenvalue weighted by Crippen LogP contribution is -2.15. The highest BCUT2D eigenvalue weighted by Crippen LogP contribution is 2.30. The molecule has 0 unspecified atom stereocenters. The molecular formula is C17H19N5O4S2. The molecule has 0 spiro atoms. The molecular weight excluding hydrogens is 402 g/mol. The van der Waals surface area contributed by atoms with Crippen LogP contribution < -0.4 is 10.6 Å². The van der Waals surface area contributed by atoms with E-state index in [1.54, 1.807) is 26.0 Å². The van der Waals surface area contributed by atoms with Gasteiger partial charge in [-0.3, -0.25) is 9.59 Å². The van der Waals surface area contributed by atoms with E-state index < -0.39 is 5.97 Å². The first-order valence-electron chi connectivity index (χ1n) is 8.68. The van der Waals surface area contributed by atoms with Crippen LogP contribution in [0, 0.1) is 12.8 Å². The highest BCUT2D eigenvalue weighted by Gasteiger charge is 2.29. The number of aromatic nitrogens is 3. The second-order valence-electron chi connectivity index (χ2n) is 6.01. The first-order valence-corrected chi connectivity index (χ1v) is 10.5. The van der Waals surface area contributed by atoms with Gasteiger partial charge < -0.3 is 15.4 Å². The van der Waals surface area contributed by atoms with Crippen LogP contribution in [0.2, 0.25) is 0 Å². The number of ether oxygens (including phenoxy) is 1. The van der Waals surface area contributed by atoms with Gasteiger partial charge in [0.05, 0.1) is 18.1 Å². The molecule has 1 saturated carbocycles. The Bertz CT molecular complexity index is 880. The van der Waals surface area contributed by atoms with Gasteiger partial charge in [-0.1, -0.05) is 23.1 Å². The van der Waals surface area contributed by atoms with Gasteiger partial charge in [-0.05, 0) is 38.8 Å². The summed E-state index contributed by atoms with van der Waals surface area (Å²) in [6.45, 7) is 3.69. The minimum Gasteiger partial charge on any atom is -0.462 e. The molecule has 2 aromatic rings. The summed E-state index contributed by atoms with van der Waals surface area (Å²) in [7, 11) is 0. The molecule has 0 aliphatic heterocycles. The highest BCUT2D eigenvalue weighted by molar-refractivity contribution is 7.99. The van der Waals surface area contributed by atoms with E-state index in [9.17, 15) is 14.4 Å². The molecule has 11 heteroatoms. The van der Waals surface area contributed by atoms with Crippen molar-refractivity contribution < 1.29 is 19.1 Å². The first kappa shape index (κ1) is 20.2. The average molecular weight is 422 g/mol. The zero-order valence-electron chi connectivity index (χ0n) is 15.4. The molecule has 2 amide bonds. The number of hydrogen-bond donors (Lipinski definition) is 2. The number of esters is 1. The van der Waals surface area contributed by atoms with Crippen molar-refractivity contribution in [3.8, 4) is 0 Å². The summed E-state index contributed by atoms with van der Waals surface area (Å²) in [5.41, 5.74) is 0.515. The molecule has 3 rings (SSSR count). The monoisotopic (exact) mass is 421 g/mol. The maximum atomic E-state index is 12.1. The lowest BCUT2D eigenvalue weighted by atomic mass is 10.4. The number of nitrogens with one attached hydrogen (secondary N) is 2. The third-order valence-corrected chi connectivity index (χ3v) is 5.67. The second-order valence-corrected chi connectivity index (χ2v) is 8.01. The van der Waals surface area contributed by atoms with Crippen molar-refractivity contribution in [2.45, 2.75) is 31.7 Å². The number of hydrogen-bond acceptors (Lipinski definition) is 9. The summed E-state index contributed by atoms with van der Waals surface area (Å²) >= 11 is 2.28. The number of anilines is 2. The molecule has 1 aliphatic carbocycles. The van der Waals surface area contributed by atoms with Crippen molar-refractivity contribution >= 4 is 51.8 Å². The number of thioether (sulfide) groups is 1. The third-order valence-electron chi connectivity index (χ3n) is 3.69. The van der Waals surface area contributed by atoms with Gasteiger partial charge in [-0.25, -0.2) is 9.78 Å². The molecule has 0 aromatic carbocycles. The Labute approximate surface area is 169 Å². The molecule has 0 radical (unpaired) electrons. The van der Waals surface area contributed by atoms with Crippen LogP contribution in [-0.2, 0) is 14.3 Å². The van der Waals surface area contributed by atoms with E-state index in [2.05, 4.69) is 25.8 Å². The molecule has 0 bridgehead atoms. The average Bonchev–Trinajstić information content (AvgIpc) is 3.45. The maximum Gasteiger partial charge on any atom is 0.350 e. The molecule has 0 atom stereocenters. The van der Waals surface area contributed by atoms with Crippen LogP contribution in [0.3, 0.4) is 0 Å². The van der Waals surface area contributed by atoms with Gasteiger partial charge in [0.25, 0.3) is 0 Å². The Morgan fingerprint density at radius 3 is 2.68 bits per heavy atom. The van der Waals surface area contributed by atoms with Crippen molar-refractivity contribution in [3.05, 3.63) is 22.7 Å². The van der Waals surface area contributed by atoms with E-state index in [0.29, 0.717) is 26.5 Å². The van der Waals surface area contributed by atoms with Gasteiger partial charge >= 0.3 is 5.97 Å². The van der Waals surface area contributed by atoms with Crippen LogP contribution in [0.5, 0.6) is 0 Å². The van der Waals surface area contributed by atoms with Gasteiger partial charge in [-0.15, -0.1) is 10.2 Å². The standard InChI is InChI=1S/C17H19N5O4S2/c1-3-26-16(25)14-9(2)18-17(28-14)20-12(23)8-27-13-7-6-11(21-22-13)19-15(24)10-4-5-10/h6-7,10H,3-5,8H2,1-2H3,(H,18,20,23)(H,19,21,24). The van der Waals surface area contributed by atoms with E-state index in [-0.39, 0.29) is 30.1 Å². The second kappa shape index (κ2) is 9.11. The molecule has 9 nitrogen and oxygen atoms in total. The zero-order chi connectivity index (χ0) is 20.1. The SMILES string of the molecule is CCOC(=O)c1sc(NC(=O)CSc2ccc(NC(=O)C3CC3)nn2)nc1C. The van der Waals surface area contributed by atoms with Crippen LogP contribution >= 0.6 is 23.1 Å². The summed E-state index contributed by atoms with van der Waals surface area (Å²) in [5, 5.41) is 14.2. The van der Waals surface area contributed by atoms with Gasteiger partial charge in [0.2, 0.25) is 11.8 Å². The lowest BCUT2D eigenvalue weighted by Gasteiger charge is -2.04. The Kier molecular flexibility index (Phi) is 6.57. The summed E-state index contributed by atoms with van der Waals surface area (Å²) < 4.78 is 4.96. The smallest absolute Gasteiger partial charge is 0.350 e. The minimum atomic E-state index is -0.448. The van der Waals surface area contributed by atoms with Crippen molar-refractivity contribution in [3.63, 3.8) is 0 Å². The zero-order valence-corrected chi connectivity index (χ0v) is 17.0. The fourth-order valence-electron chi connectivity index (χ4n) is 2.17. The Morgan fingerprint density at radius 1 is 1.25 bits per heavy atom. The highest BCUT2D eigenvalue weighted by atomic mass is 32.2. The molecule has 1 aliphatic rings. The number of thiazole rings is 1. The van der Waals surface area contributed by atoms with E-state index >= 15 is 0 Å². The summed E-state index contributed by atoms with van der Waals surface area (Å²) in [6, 6.07) is 3.35. The molecule has 2 N–H and O–H groups in total. The maximum absolute atomic E-state index is 12.1. The van der Waals surface area contributed by atoms with Crippen molar-refractivity contribution in [1.29, 1.82) is 0 Å². The summed E-state index contributed by atoms with van der Waals surface area (Å²) in [5.74, 6) is -0.155. The Morgan fingerprint density at radius 2 is 2.04 bits per heavy atom. The predicted molar refractivity (Wildman–Crippen MR) is 106 cm³/mol. The normalized spacial score (nSPS) is 13.1. The quantitative estimate of drug-likeness (QED) is 0.492. The molecule has 0 saturated heterocycles. The van der Waals surface area contributed by atoms with Crippen molar-refractivity contribution in [1.82, 2.24) is 15.2 Å². The van der Waals surface area contributed by atoms with Crippen LogP contribution in [0.25, 0.3) is 0 Å². The van der Waals surface area contributed by atoms with Gasteiger partial charge in [-0.2, -0.15) is 0 Å². The molecule has 2 aromatic heterocycles. The third kappa shape index (κ3) is 5.49.